The number of amides is 1. The zero-order chi connectivity index (χ0) is 13.8. The molecule has 0 saturated carbocycles. The average Bonchev–Trinajstić information content (AvgIpc) is 2.39. The second kappa shape index (κ2) is 5.52. The number of hydrogen-bond acceptors (Lipinski definition) is 3. The van der Waals surface area contributed by atoms with Gasteiger partial charge in [0, 0.05) is 11.8 Å². The summed E-state index contributed by atoms with van der Waals surface area (Å²) in [6.07, 6.45) is 1.49. The van der Waals surface area contributed by atoms with Crippen molar-refractivity contribution in [2.24, 2.45) is 5.73 Å². The van der Waals surface area contributed by atoms with E-state index in [2.05, 4.69) is 4.98 Å². The lowest BCUT2D eigenvalue weighted by Crippen LogP contribution is -2.14. The van der Waals surface area contributed by atoms with Crippen LogP contribution in [-0.2, 0) is 6.61 Å². The first-order chi connectivity index (χ1) is 9.09. The van der Waals surface area contributed by atoms with E-state index in [0.29, 0.717) is 17.9 Å². The first-order valence-corrected chi connectivity index (χ1v) is 6.02. The van der Waals surface area contributed by atoms with Crippen LogP contribution in [0.2, 0.25) is 0 Å². The SMILES string of the molecule is Cc1ncc(C(N)=O)c(C)c1OCc1ccccc1. The van der Waals surface area contributed by atoms with E-state index in [-0.39, 0.29) is 0 Å². The Hall–Kier alpha value is -2.36. The molecule has 4 heteroatoms. The number of pyridine rings is 1. The average molecular weight is 256 g/mol. The molecule has 19 heavy (non-hydrogen) atoms. The van der Waals surface area contributed by atoms with Crippen LogP contribution in [0.5, 0.6) is 5.75 Å². The smallest absolute Gasteiger partial charge is 0.250 e. The molecule has 1 amide bonds. The Bertz CT molecular complexity index is 595. The molecule has 2 rings (SSSR count). The maximum Gasteiger partial charge on any atom is 0.250 e. The summed E-state index contributed by atoms with van der Waals surface area (Å²) in [5.74, 6) is 0.134. The summed E-state index contributed by atoms with van der Waals surface area (Å²) in [5.41, 5.74) is 8.25. The lowest BCUT2D eigenvalue weighted by Gasteiger charge is -2.13. The second-order valence-corrected chi connectivity index (χ2v) is 4.35. The number of carbonyl (C=O) groups excluding carboxylic acids is 1. The quantitative estimate of drug-likeness (QED) is 0.913. The van der Waals surface area contributed by atoms with Gasteiger partial charge in [0.15, 0.2) is 0 Å². The van der Waals surface area contributed by atoms with Crippen LogP contribution in [0.15, 0.2) is 36.5 Å². The first-order valence-electron chi connectivity index (χ1n) is 6.02. The summed E-state index contributed by atoms with van der Waals surface area (Å²) in [6, 6.07) is 9.83. The molecular formula is C15H16N2O2. The van der Waals surface area contributed by atoms with Gasteiger partial charge in [0.25, 0.3) is 5.91 Å². The number of aryl methyl sites for hydroxylation is 1. The van der Waals surface area contributed by atoms with Gasteiger partial charge < -0.3 is 10.5 Å². The molecule has 1 aromatic heterocycles. The van der Waals surface area contributed by atoms with Crippen molar-refractivity contribution < 1.29 is 9.53 Å². The van der Waals surface area contributed by atoms with Crippen LogP contribution in [0.3, 0.4) is 0 Å². The highest BCUT2D eigenvalue weighted by molar-refractivity contribution is 5.94. The number of nitrogens with two attached hydrogens (primary N) is 1. The normalized spacial score (nSPS) is 10.2. The lowest BCUT2D eigenvalue weighted by molar-refractivity contribution is 0.0998. The summed E-state index contributed by atoms with van der Waals surface area (Å²) in [5, 5.41) is 0. The van der Waals surface area contributed by atoms with E-state index in [4.69, 9.17) is 10.5 Å². The van der Waals surface area contributed by atoms with Crippen LogP contribution in [-0.4, -0.2) is 10.9 Å². The molecule has 0 saturated heterocycles. The molecule has 0 bridgehead atoms. The van der Waals surface area contributed by atoms with E-state index in [1.165, 1.54) is 6.20 Å². The molecule has 1 heterocycles. The predicted molar refractivity (Wildman–Crippen MR) is 73.0 cm³/mol. The number of primary amides is 1. The largest absolute Gasteiger partial charge is 0.487 e. The molecule has 4 nitrogen and oxygen atoms in total. The van der Waals surface area contributed by atoms with Crippen molar-refractivity contribution in [3.8, 4) is 5.75 Å². The fourth-order valence-electron chi connectivity index (χ4n) is 1.90. The molecule has 0 fully saturated rings. The molecule has 1 aromatic carbocycles. The van der Waals surface area contributed by atoms with Crippen molar-refractivity contribution in [3.05, 3.63) is 58.9 Å². The van der Waals surface area contributed by atoms with Crippen molar-refractivity contribution in [2.75, 3.05) is 0 Å². The number of nitrogens with zero attached hydrogens (tertiary/aromatic N) is 1. The minimum Gasteiger partial charge on any atom is -0.487 e. The van der Waals surface area contributed by atoms with E-state index < -0.39 is 5.91 Å². The van der Waals surface area contributed by atoms with Gasteiger partial charge in [-0.25, -0.2) is 0 Å². The van der Waals surface area contributed by atoms with Gasteiger partial charge in [-0.15, -0.1) is 0 Å². The summed E-state index contributed by atoms with van der Waals surface area (Å²) in [4.78, 5) is 15.4. The summed E-state index contributed by atoms with van der Waals surface area (Å²) >= 11 is 0. The molecule has 2 N–H and O–H groups in total. The third-order valence-corrected chi connectivity index (χ3v) is 2.95. The molecule has 0 spiro atoms. The van der Waals surface area contributed by atoms with Gasteiger partial charge in [0.05, 0.1) is 11.3 Å². The monoisotopic (exact) mass is 256 g/mol. The predicted octanol–water partition coefficient (Wildman–Crippen LogP) is 2.38. The van der Waals surface area contributed by atoms with Crippen molar-refractivity contribution >= 4 is 5.91 Å². The zero-order valence-electron chi connectivity index (χ0n) is 11.0. The lowest BCUT2D eigenvalue weighted by atomic mass is 10.1. The van der Waals surface area contributed by atoms with Gasteiger partial charge in [0.1, 0.15) is 12.4 Å². The van der Waals surface area contributed by atoms with Crippen LogP contribution >= 0.6 is 0 Å². The third kappa shape index (κ3) is 2.91. The fraction of sp³-hybridized carbons (Fsp3) is 0.200. The van der Waals surface area contributed by atoms with Gasteiger partial charge in [-0.05, 0) is 19.4 Å². The molecule has 0 aliphatic carbocycles. The number of rotatable bonds is 4. The van der Waals surface area contributed by atoms with Crippen LogP contribution in [0.1, 0.15) is 27.2 Å². The summed E-state index contributed by atoms with van der Waals surface area (Å²) < 4.78 is 5.77. The number of benzene rings is 1. The molecule has 0 radical (unpaired) electrons. The van der Waals surface area contributed by atoms with E-state index in [9.17, 15) is 4.79 Å². The maximum absolute atomic E-state index is 11.3. The number of ether oxygens (including phenoxy) is 1. The van der Waals surface area contributed by atoms with E-state index >= 15 is 0 Å². The second-order valence-electron chi connectivity index (χ2n) is 4.35. The van der Waals surface area contributed by atoms with Gasteiger partial charge in [0.2, 0.25) is 0 Å². The zero-order valence-corrected chi connectivity index (χ0v) is 11.0. The number of carbonyl (C=O) groups is 1. The Morgan fingerprint density at radius 1 is 1.26 bits per heavy atom. The molecule has 0 aliphatic rings. The Morgan fingerprint density at radius 3 is 2.58 bits per heavy atom. The van der Waals surface area contributed by atoms with E-state index in [1.807, 2.05) is 44.2 Å². The van der Waals surface area contributed by atoms with Crippen LogP contribution in [0.4, 0.5) is 0 Å². The van der Waals surface area contributed by atoms with Gasteiger partial charge in [-0.3, -0.25) is 9.78 Å². The highest BCUT2D eigenvalue weighted by Crippen LogP contribution is 2.25. The standard InChI is InChI=1S/C15H16N2O2/c1-10-13(15(16)18)8-17-11(2)14(10)19-9-12-6-4-3-5-7-12/h3-8H,9H2,1-2H3,(H2,16,18). The first kappa shape index (κ1) is 13.1. The number of hydrogen-bond donors (Lipinski definition) is 1. The molecule has 0 unspecified atom stereocenters. The molecule has 0 atom stereocenters. The number of aromatic nitrogens is 1. The van der Waals surface area contributed by atoms with Crippen LogP contribution in [0.25, 0.3) is 0 Å². The topological polar surface area (TPSA) is 65.2 Å². The minimum absolute atomic E-state index is 0.397. The van der Waals surface area contributed by atoms with Crippen molar-refractivity contribution in [1.29, 1.82) is 0 Å². The van der Waals surface area contributed by atoms with Crippen molar-refractivity contribution in [2.45, 2.75) is 20.5 Å². The van der Waals surface area contributed by atoms with Crippen molar-refractivity contribution in [1.82, 2.24) is 4.98 Å². The fourth-order valence-corrected chi connectivity index (χ4v) is 1.90. The van der Waals surface area contributed by atoms with E-state index in [0.717, 1.165) is 16.8 Å². The Kier molecular flexibility index (Phi) is 3.80. The highest BCUT2D eigenvalue weighted by atomic mass is 16.5. The van der Waals surface area contributed by atoms with Gasteiger partial charge in [-0.2, -0.15) is 0 Å². The summed E-state index contributed by atoms with van der Waals surface area (Å²) in [6.45, 7) is 4.10. The maximum atomic E-state index is 11.3. The molecule has 0 aliphatic heterocycles. The Morgan fingerprint density at radius 2 is 1.95 bits per heavy atom. The highest BCUT2D eigenvalue weighted by Gasteiger charge is 2.13. The minimum atomic E-state index is -0.491. The van der Waals surface area contributed by atoms with Crippen molar-refractivity contribution in [3.63, 3.8) is 0 Å². The third-order valence-electron chi connectivity index (χ3n) is 2.95. The van der Waals surface area contributed by atoms with Crippen LogP contribution < -0.4 is 10.5 Å². The van der Waals surface area contributed by atoms with Gasteiger partial charge in [-0.1, -0.05) is 30.3 Å². The molecular weight excluding hydrogens is 240 g/mol. The Labute approximate surface area is 112 Å². The van der Waals surface area contributed by atoms with Crippen LogP contribution in [0, 0.1) is 13.8 Å². The summed E-state index contributed by atoms with van der Waals surface area (Å²) in [7, 11) is 0. The molecule has 98 valence electrons. The Balaban J connectivity index is 2.25. The molecule has 2 aromatic rings. The van der Waals surface area contributed by atoms with Gasteiger partial charge >= 0.3 is 0 Å². The van der Waals surface area contributed by atoms with E-state index in [1.54, 1.807) is 0 Å².